The summed E-state index contributed by atoms with van der Waals surface area (Å²) in [4.78, 5) is 32.5. The van der Waals surface area contributed by atoms with Crippen molar-refractivity contribution in [3.8, 4) is 17.2 Å². The third-order valence-corrected chi connectivity index (χ3v) is 8.35. The number of aromatic amines is 1. The van der Waals surface area contributed by atoms with E-state index in [1.165, 1.54) is 16.7 Å². The van der Waals surface area contributed by atoms with Gasteiger partial charge in [0.1, 0.15) is 5.75 Å². The number of rotatable bonds is 8. The minimum Gasteiger partial charge on any atom is -0.495 e. The zero-order valence-electron chi connectivity index (χ0n) is 24.9. The number of hydrogen-bond acceptors (Lipinski definition) is 6. The molecule has 0 spiro atoms. The van der Waals surface area contributed by atoms with E-state index in [-0.39, 0.29) is 11.3 Å². The molecule has 8 nitrogen and oxygen atoms in total. The number of nitrogens with one attached hydrogen (secondary N) is 2. The molecule has 0 fully saturated rings. The number of carbonyl (C=O) groups is 1. The Morgan fingerprint density at radius 1 is 0.860 bits per heavy atom. The van der Waals surface area contributed by atoms with E-state index in [1.807, 2.05) is 13.0 Å². The van der Waals surface area contributed by atoms with Crippen molar-refractivity contribution in [1.29, 1.82) is 0 Å². The molecule has 1 aliphatic rings. The van der Waals surface area contributed by atoms with E-state index >= 15 is 0 Å². The maximum Gasteiger partial charge on any atom is 0.257 e. The Bertz CT molecular complexity index is 1910. The second-order valence-corrected chi connectivity index (χ2v) is 10.9. The summed E-state index contributed by atoms with van der Waals surface area (Å²) in [6.07, 6.45) is 1.87. The van der Waals surface area contributed by atoms with Crippen LogP contribution in [-0.4, -0.2) is 50.2 Å². The van der Waals surface area contributed by atoms with Gasteiger partial charge >= 0.3 is 0 Å². The van der Waals surface area contributed by atoms with Gasteiger partial charge in [-0.1, -0.05) is 24.3 Å². The van der Waals surface area contributed by atoms with Gasteiger partial charge in [-0.15, -0.1) is 0 Å². The molecule has 0 bridgehead atoms. The van der Waals surface area contributed by atoms with Crippen LogP contribution in [0.15, 0.2) is 71.5 Å². The fraction of sp³-hybridized carbons (Fsp3) is 0.257. The molecular weight excluding hydrogens is 542 g/mol. The average molecular weight is 578 g/mol. The maximum absolute atomic E-state index is 13.5. The number of amides is 1. The van der Waals surface area contributed by atoms with Crippen molar-refractivity contribution < 1.29 is 19.0 Å². The molecule has 6 rings (SSSR count). The van der Waals surface area contributed by atoms with Crippen LogP contribution >= 0.6 is 0 Å². The number of aryl methyl sites for hydroxylation is 1. The number of ether oxygens (including phenoxy) is 3. The van der Waals surface area contributed by atoms with Crippen molar-refractivity contribution in [2.45, 2.75) is 26.3 Å². The minimum absolute atomic E-state index is 0.145. The first-order valence-corrected chi connectivity index (χ1v) is 14.4. The molecule has 1 aromatic heterocycles. The Balaban J connectivity index is 1.17. The number of H-pyrrole nitrogens is 1. The van der Waals surface area contributed by atoms with E-state index in [2.05, 4.69) is 39.5 Å². The highest BCUT2D eigenvalue weighted by Crippen LogP contribution is 2.33. The zero-order valence-corrected chi connectivity index (χ0v) is 24.9. The fourth-order valence-corrected chi connectivity index (χ4v) is 5.99. The number of aromatic nitrogens is 1. The van der Waals surface area contributed by atoms with Crippen LogP contribution < -0.4 is 25.0 Å². The lowest BCUT2D eigenvalue weighted by molar-refractivity contribution is 0.102. The molecule has 8 heteroatoms. The summed E-state index contributed by atoms with van der Waals surface area (Å²) in [6, 6.07) is 20.9. The highest BCUT2D eigenvalue weighted by atomic mass is 16.5. The van der Waals surface area contributed by atoms with Gasteiger partial charge in [0.05, 0.1) is 37.9 Å². The van der Waals surface area contributed by atoms with Crippen LogP contribution in [0.25, 0.3) is 21.8 Å². The number of hydrogen-bond donors (Lipinski definition) is 2. The molecule has 1 amide bonds. The molecule has 0 atom stereocenters. The van der Waals surface area contributed by atoms with E-state index in [9.17, 15) is 9.59 Å². The molecule has 0 saturated heterocycles. The number of nitrogens with zero attached hydrogens (tertiary/aromatic N) is 1. The Hall–Kier alpha value is -4.82. The quantitative estimate of drug-likeness (QED) is 0.224. The molecule has 4 aromatic carbocycles. The molecule has 1 aliphatic heterocycles. The Kier molecular flexibility index (Phi) is 7.78. The van der Waals surface area contributed by atoms with E-state index < -0.39 is 0 Å². The fourth-order valence-electron chi connectivity index (χ4n) is 5.99. The number of anilines is 1. The number of carbonyl (C=O) groups excluding carboxylic acids is 1. The molecule has 220 valence electrons. The van der Waals surface area contributed by atoms with Crippen LogP contribution in [0.4, 0.5) is 5.69 Å². The molecule has 0 unspecified atom stereocenters. The van der Waals surface area contributed by atoms with Crippen LogP contribution in [-0.2, 0) is 19.4 Å². The van der Waals surface area contributed by atoms with Crippen LogP contribution in [0.5, 0.6) is 17.2 Å². The number of methoxy groups -OCH3 is 3. The molecule has 0 aliphatic carbocycles. The summed E-state index contributed by atoms with van der Waals surface area (Å²) in [5.41, 5.74) is 6.81. The smallest absolute Gasteiger partial charge is 0.257 e. The summed E-state index contributed by atoms with van der Waals surface area (Å²) in [5.74, 6) is 1.80. The molecule has 2 N–H and O–H groups in total. The third kappa shape index (κ3) is 5.42. The summed E-state index contributed by atoms with van der Waals surface area (Å²) in [7, 11) is 4.90. The first-order valence-electron chi connectivity index (χ1n) is 14.4. The van der Waals surface area contributed by atoms with Gasteiger partial charge < -0.3 is 24.5 Å². The lowest BCUT2D eigenvalue weighted by Gasteiger charge is -2.29. The lowest BCUT2D eigenvalue weighted by Crippen LogP contribution is -2.32. The van der Waals surface area contributed by atoms with Crippen molar-refractivity contribution in [2.24, 2.45) is 0 Å². The summed E-state index contributed by atoms with van der Waals surface area (Å²) in [5, 5.41) is 4.03. The van der Waals surface area contributed by atoms with Gasteiger partial charge in [0.2, 0.25) is 0 Å². The van der Waals surface area contributed by atoms with Crippen LogP contribution in [0.3, 0.4) is 0 Å². The zero-order chi connectivity index (χ0) is 30.1. The second kappa shape index (κ2) is 11.8. The average Bonchev–Trinajstić information content (AvgIpc) is 3.03. The van der Waals surface area contributed by atoms with Gasteiger partial charge in [-0.25, -0.2) is 0 Å². The Labute approximate surface area is 250 Å². The standard InChI is InChI=1S/C35H35N3O5/c1-21-17-22(13-15-38-16-14-23-18-30(42-3)31(43-4)19-24(23)20-38)11-12-28(21)36-35(40)27-9-5-7-25-32(27)37-33-26(34(25)39)8-6-10-29(33)41-2/h5-12,17-19H,13-16,20H2,1-4H3,(H,36,40)(H,37,39). The van der Waals surface area contributed by atoms with Crippen LogP contribution in [0, 0.1) is 6.92 Å². The molecule has 0 radical (unpaired) electrons. The minimum atomic E-state index is -0.287. The van der Waals surface area contributed by atoms with E-state index in [0.29, 0.717) is 33.1 Å². The van der Waals surface area contributed by atoms with Crippen LogP contribution in [0.1, 0.15) is 32.6 Å². The molecular formula is C35H35N3O5. The van der Waals surface area contributed by atoms with E-state index in [4.69, 9.17) is 14.2 Å². The number of pyridine rings is 1. The van der Waals surface area contributed by atoms with Crippen molar-refractivity contribution in [1.82, 2.24) is 9.88 Å². The predicted octanol–water partition coefficient (Wildman–Crippen LogP) is 5.87. The third-order valence-electron chi connectivity index (χ3n) is 8.35. The van der Waals surface area contributed by atoms with E-state index in [1.54, 1.807) is 57.7 Å². The van der Waals surface area contributed by atoms with Gasteiger partial charge in [0.25, 0.3) is 5.91 Å². The van der Waals surface area contributed by atoms with Crippen molar-refractivity contribution in [2.75, 3.05) is 39.7 Å². The number of benzene rings is 4. The topological polar surface area (TPSA) is 92.9 Å². The first kappa shape index (κ1) is 28.3. The number of para-hydroxylation sites is 2. The Morgan fingerprint density at radius 3 is 2.28 bits per heavy atom. The van der Waals surface area contributed by atoms with Gasteiger partial charge in [-0.05, 0) is 84.5 Å². The predicted molar refractivity (Wildman–Crippen MR) is 170 cm³/mol. The molecule has 43 heavy (non-hydrogen) atoms. The second-order valence-electron chi connectivity index (χ2n) is 10.9. The van der Waals surface area contributed by atoms with Crippen molar-refractivity contribution >= 4 is 33.4 Å². The normalized spacial score (nSPS) is 13.1. The van der Waals surface area contributed by atoms with E-state index in [0.717, 1.165) is 55.2 Å². The highest BCUT2D eigenvalue weighted by Gasteiger charge is 2.20. The Morgan fingerprint density at radius 2 is 1.56 bits per heavy atom. The summed E-state index contributed by atoms with van der Waals surface area (Å²) < 4.78 is 16.4. The van der Waals surface area contributed by atoms with Gasteiger partial charge in [0.15, 0.2) is 16.9 Å². The highest BCUT2D eigenvalue weighted by molar-refractivity contribution is 6.13. The lowest BCUT2D eigenvalue weighted by atomic mass is 9.98. The van der Waals surface area contributed by atoms with Gasteiger partial charge in [0, 0.05) is 36.1 Å². The van der Waals surface area contributed by atoms with Crippen molar-refractivity contribution in [3.05, 3.63) is 105 Å². The largest absolute Gasteiger partial charge is 0.495 e. The number of fused-ring (bicyclic) bond motifs is 3. The summed E-state index contributed by atoms with van der Waals surface area (Å²) >= 11 is 0. The molecule has 5 aromatic rings. The molecule has 2 heterocycles. The van der Waals surface area contributed by atoms with Crippen LogP contribution in [0.2, 0.25) is 0 Å². The monoisotopic (exact) mass is 577 g/mol. The molecule has 0 saturated carbocycles. The van der Waals surface area contributed by atoms with Gasteiger partial charge in [-0.3, -0.25) is 14.5 Å². The van der Waals surface area contributed by atoms with Gasteiger partial charge in [-0.2, -0.15) is 0 Å². The summed E-state index contributed by atoms with van der Waals surface area (Å²) in [6.45, 7) is 4.79. The van der Waals surface area contributed by atoms with Crippen molar-refractivity contribution in [3.63, 3.8) is 0 Å². The maximum atomic E-state index is 13.5. The SMILES string of the molecule is COc1cc2c(cc1OC)CN(CCc1ccc(NC(=O)c3cccc4c(=O)c5cccc(OC)c5[nH]c34)c(C)c1)CC2. The first-order chi connectivity index (χ1) is 20.9.